The van der Waals surface area contributed by atoms with Gasteiger partial charge in [0.2, 0.25) is 5.91 Å². The van der Waals surface area contributed by atoms with Gasteiger partial charge in [-0.05, 0) is 26.0 Å². The van der Waals surface area contributed by atoms with E-state index in [1.165, 1.54) is 0 Å². The molecule has 0 saturated heterocycles. The largest absolute Gasteiger partial charge is 0.467 e. The summed E-state index contributed by atoms with van der Waals surface area (Å²) in [4.78, 5) is 13.6. The number of amides is 1. The lowest BCUT2D eigenvalue weighted by atomic mass is 9.92. The van der Waals surface area contributed by atoms with Crippen molar-refractivity contribution in [3.63, 3.8) is 0 Å². The number of nitrogens with zero attached hydrogens (tertiary/aromatic N) is 1. The summed E-state index contributed by atoms with van der Waals surface area (Å²) in [5.74, 6) is 0.806. The number of halogens is 1. The summed E-state index contributed by atoms with van der Waals surface area (Å²) in [6, 6.07) is 3.65. The number of hydrogen-bond donors (Lipinski definition) is 1. The van der Waals surface area contributed by atoms with Crippen LogP contribution in [0.2, 0.25) is 0 Å². The summed E-state index contributed by atoms with van der Waals surface area (Å²) < 4.78 is 5.18. The van der Waals surface area contributed by atoms with Gasteiger partial charge in [0.1, 0.15) is 5.76 Å². The van der Waals surface area contributed by atoms with E-state index < -0.39 is 5.41 Å². The van der Waals surface area contributed by atoms with E-state index in [1.807, 2.05) is 26.0 Å². The minimum absolute atomic E-state index is 0. The molecule has 5 heteroatoms. The number of nitrogens with two attached hydrogens (primary N) is 1. The van der Waals surface area contributed by atoms with Crippen molar-refractivity contribution in [2.45, 2.75) is 20.4 Å². The summed E-state index contributed by atoms with van der Waals surface area (Å²) >= 11 is 0. The normalized spacial score (nSPS) is 10.8. The van der Waals surface area contributed by atoms with Crippen molar-refractivity contribution in [1.29, 1.82) is 0 Å². The molecule has 0 atom stereocenters. The van der Waals surface area contributed by atoms with Gasteiger partial charge in [0.25, 0.3) is 0 Å². The molecule has 2 N–H and O–H groups in total. The fraction of sp³-hybridized carbons (Fsp3) is 0.545. The van der Waals surface area contributed by atoms with Gasteiger partial charge in [0.15, 0.2) is 0 Å². The third-order valence-corrected chi connectivity index (χ3v) is 2.41. The van der Waals surface area contributed by atoms with Gasteiger partial charge >= 0.3 is 0 Å². The summed E-state index contributed by atoms with van der Waals surface area (Å²) in [6.45, 7) is 4.51. The van der Waals surface area contributed by atoms with Crippen LogP contribution >= 0.6 is 12.4 Å². The third-order valence-electron chi connectivity index (χ3n) is 2.41. The van der Waals surface area contributed by atoms with Crippen molar-refractivity contribution in [3.05, 3.63) is 24.2 Å². The zero-order valence-corrected chi connectivity index (χ0v) is 10.7. The Bertz CT molecular complexity index is 323. The van der Waals surface area contributed by atoms with Crippen LogP contribution in [-0.4, -0.2) is 24.4 Å². The maximum Gasteiger partial charge on any atom is 0.229 e. The van der Waals surface area contributed by atoms with Crippen LogP contribution in [0.15, 0.2) is 22.8 Å². The predicted octanol–water partition coefficient (Wildman–Crippen LogP) is 1.64. The first-order valence-corrected chi connectivity index (χ1v) is 4.95. The van der Waals surface area contributed by atoms with Gasteiger partial charge in [-0.15, -0.1) is 12.4 Å². The molecule has 1 heterocycles. The van der Waals surface area contributed by atoms with E-state index in [4.69, 9.17) is 10.2 Å². The lowest BCUT2D eigenvalue weighted by molar-refractivity contribution is -0.139. The second kappa shape index (κ2) is 5.92. The fourth-order valence-corrected chi connectivity index (χ4v) is 1.31. The van der Waals surface area contributed by atoms with Crippen molar-refractivity contribution in [3.8, 4) is 0 Å². The van der Waals surface area contributed by atoms with E-state index in [0.29, 0.717) is 13.1 Å². The molecule has 16 heavy (non-hydrogen) atoms. The van der Waals surface area contributed by atoms with E-state index in [0.717, 1.165) is 5.76 Å². The van der Waals surface area contributed by atoms with Crippen molar-refractivity contribution >= 4 is 18.3 Å². The van der Waals surface area contributed by atoms with Gasteiger partial charge in [-0.2, -0.15) is 0 Å². The second-order valence-electron chi connectivity index (χ2n) is 4.33. The molecule has 1 rings (SSSR count). The first-order chi connectivity index (χ1) is 6.97. The molecular formula is C11H19ClN2O2. The molecule has 92 valence electrons. The zero-order valence-electron chi connectivity index (χ0n) is 9.90. The molecule has 0 radical (unpaired) electrons. The Kier molecular flexibility index (Phi) is 5.55. The third kappa shape index (κ3) is 3.54. The molecular weight excluding hydrogens is 228 g/mol. The fourth-order valence-electron chi connectivity index (χ4n) is 1.31. The first-order valence-electron chi connectivity index (χ1n) is 4.95. The average Bonchev–Trinajstić information content (AvgIpc) is 2.69. The summed E-state index contributed by atoms with van der Waals surface area (Å²) in [5.41, 5.74) is 5.03. The van der Waals surface area contributed by atoms with Crippen LogP contribution in [0, 0.1) is 5.41 Å². The Morgan fingerprint density at radius 2 is 2.19 bits per heavy atom. The number of rotatable bonds is 4. The van der Waals surface area contributed by atoms with Gasteiger partial charge in [-0.25, -0.2) is 0 Å². The monoisotopic (exact) mass is 246 g/mol. The Hall–Kier alpha value is -1.00. The molecule has 1 aromatic heterocycles. The van der Waals surface area contributed by atoms with Crippen LogP contribution in [0.3, 0.4) is 0 Å². The van der Waals surface area contributed by atoms with E-state index in [2.05, 4.69) is 0 Å². The van der Waals surface area contributed by atoms with Crippen LogP contribution in [0.1, 0.15) is 19.6 Å². The van der Waals surface area contributed by atoms with E-state index >= 15 is 0 Å². The highest BCUT2D eigenvalue weighted by Gasteiger charge is 2.29. The SMILES string of the molecule is CN(Cc1ccco1)C(=O)C(C)(C)CN.Cl. The highest BCUT2D eigenvalue weighted by atomic mass is 35.5. The molecule has 1 aromatic rings. The molecule has 0 unspecified atom stereocenters. The van der Waals surface area contributed by atoms with E-state index in [-0.39, 0.29) is 18.3 Å². The zero-order chi connectivity index (χ0) is 11.5. The van der Waals surface area contributed by atoms with Gasteiger partial charge < -0.3 is 15.1 Å². The minimum Gasteiger partial charge on any atom is -0.467 e. The van der Waals surface area contributed by atoms with Crippen LogP contribution in [0.5, 0.6) is 0 Å². The standard InChI is InChI=1S/C11H18N2O2.ClH/c1-11(2,8-12)10(14)13(3)7-9-5-4-6-15-9;/h4-6H,7-8,12H2,1-3H3;1H. The maximum atomic E-state index is 11.9. The average molecular weight is 247 g/mol. The maximum absolute atomic E-state index is 11.9. The van der Waals surface area contributed by atoms with Crippen molar-refractivity contribution in [2.75, 3.05) is 13.6 Å². The van der Waals surface area contributed by atoms with Crippen molar-refractivity contribution in [1.82, 2.24) is 4.90 Å². The highest BCUT2D eigenvalue weighted by molar-refractivity contribution is 5.85. The molecule has 0 saturated carbocycles. The molecule has 0 aromatic carbocycles. The van der Waals surface area contributed by atoms with E-state index in [9.17, 15) is 4.79 Å². The molecule has 1 amide bonds. The Morgan fingerprint density at radius 3 is 2.62 bits per heavy atom. The van der Waals surface area contributed by atoms with Gasteiger partial charge in [-0.3, -0.25) is 4.79 Å². The molecule has 0 spiro atoms. The second-order valence-corrected chi connectivity index (χ2v) is 4.33. The van der Waals surface area contributed by atoms with Crippen LogP contribution < -0.4 is 5.73 Å². The Labute approximate surface area is 102 Å². The van der Waals surface area contributed by atoms with Crippen molar-refractivity contribution in [2.24, 2.45) is 11.1 Å². The topological polar surface area (TPSA) is 59.5 Å². The lowest BCUT2D eigenvalue weighted by Gasteiger charge is -2.27. The number of furan rings is 1. The molecule has 0 bridgehead atoms. The molecule has 4 nitrogen and oxygen atoms in total. The predicted molar refractivity (Wildman–Crippen MR) is 65.3 cm³/mol. The van der Waals surface area contributed by atoms with Crippen LogP contribution in [-0.2, 0) is 11.3 Å². The molecule has 0 aliphatic carbocycles. The van der Waals surface area contributed by atoms with Gasteiger partial charge in [0, 0.05) is 13.6 Å². The summed E-state index contributed by atoms with van der Waals surface area (Å²) in [6.07, 6.45) is 1.60. The number of hydrogen-bond acceptors (Lipinski definition) is 3. The lowest BCUT2D eigenvalue weighted by Crippen LogP contribution is -2.42. The van der Waals surface area contributed by atoms with Gasteiger partial charge in [-0.1, -0.05) is 0 Å². The number of carbonyl (C=O) groups excluding carboxylic acids is 1. The van der Waals surface area contributed by atoms with Crippen molar-refractivity contribution < 1.29 is 9.21 Å². The molecule has 0 aliphatic rings. The highest BCUT2D eigenvalue weighted by Crippen LogP contribution is 2.17. The first kappa shape index (κ1) is 15.0. The van der Waals surface area contributed by atoms with E-state index in [1.54, 1.807) is 18.2 Å². The Morgan fingerprint density at radius 1 is 1.56 bits per heavy atom. The summed E-state index contributed by atoms with van der Waals surface area (Å²) in [5, 5.41) is 0. The quantitative estimate of drug-likeness (QED) is 0.879. The molecule has 0 aliphatic heterocycles. The summed E-state index contributed by atoms with van der Waals surface area (Å²) in [7, 11) is 1.75. The Balaban J connectivity index is 0.00000225. The number of carbonyl (C=O) groups is 1. The minimum atomic E-state index is -0.513. The van der Waals surface area contributed by atoms with Crippen LogP contribution in [0.4, 0.5) is 0 Å². The van der Waals surface area contributed by atoms with Crippen LogP contribution in [0.25, 0.3) is 0 Å². The molecule has 0 fully saturated rings. The van der Waals surface area contributed by atoms with Gasteiger partial charge in [0.05, 0.1) is 18.2 Å². The smallest absolute Gasteiger partial charge is 0.229 e.